The summed E-state index contributed by atoms with van der Waals surface area (Å²) in [6.07, 6.45) is 1.57. The van der Waals surface area contributed by atoms with Crippen LogP contribution in [-0.4, -0.2) is 35.7 Å². The highest BCUT2D eigenvalue weighted by molar-refractivity contribution is 6.31. The second-order valence-corrected chi connectivity index (χ2v) is 7.15. The summed E-state index contributed by atoms with van der Waals surface area (Å²) in [7, 11) is 0. The Morgan fingerprint density at radius 1 is 1.07 bits per heavy atom. The van der Waals surface area contributed by atoms with Crippen LogP contribution in [0.1, 0.15) is 5.69 Å². The van der Waals surface area contributed by atoms with Gasteiger partial charge in [0, 0.05) is 30.4 Å². The van der Waals surface area contributed by atoms with Gasteiger partial charge in [-0.15, -0.1) is 0 Å². The minimum atomic E-state index is -0.168. The van der Waals surface area contributed by atoms with Crippen LogP contribution >= 0.6 is 23.2 Å². The molecule has 4 rings (SSSR count). The zero-order valence-electron chi connectivity index (χ0n) is 14.5. The Bertz CT molecular complexity index is 1030. The van der Waals surface area contributed by atoms with Crippen LogP contribution in [-0.2, 0) is 11.3 Å². The number of rotatable bonds is 4. The molecular formula is C19H18Cl2N4O2. The van der Waals surface area contributed by atoms with E-state index < -0.39 is 0 Å². The first kappa shape index (κ1) is 18.1. The summed E-state index contributed by atoms with van der Waals surface area (Å²) in [6.45, 7) is 3.46. The average molecular weight is 405 g/mol. The van der Waals surface area contributed by atoms with Crippen molar-refractivity contribution in [3.8, 4) is 0 Å². The Kier molecular flexibility index (Phi) is 5.20. The van der Waals surface area contributed by atoms with Gasteiger partial charge in [-0.3, -0.25) is 9.20 Å². The second kappa shape index (κ2) is 7.76. The fourth-order valence-corrected chi connectivity index (χ4v) is 3.46. The van der Waals surface area contributed by atoms with Gasteiger partial charge in [-0.2, -0.15) is 0 Å². The van der Waals surface area contributed by atoms with Gasteiger partial charge in [0.2, 0.25) is 0 Å². The predicted octanol–water partition coefficient (Wildman–Crippen LogP) is 3.45. The summed E-state index contributed by atoms with van der Waals surface area (Å²) >= 11 is 12.1. The number of fused-ring (bicyclic) bond motifs is 1. The Labute approximate surface area is 166 Å². The van der Waals surface area contributed by atoms with Crippen LogP contribution in [0.2, 0.25) is 10.0 Å². The summed E-state index contributed by atoms with van der Waals surface area (Å²) in [5, 5.41) is 4.51. The third-order valence-electron chi connectivity index (χ3n) is 4.45. The molecule has 0 unspecified atom stereocenters. The minimum Gasteiger partial charge on any atom is -0.378 e. The number of ether oxygens (including phenoxy) is 1. The normalized spacial score (nSPS) is 14.5. The molecular weight excluding hydrogens is 387 g/mol. The van der Waals surface area contributed by atoms with Crippen molar-refractivity contribution in [3.63, 3.8) is 0 Å². The molecule has 6 nitrogen and oxygen atoms in total. The maximum Gasteiger partial charge on any atom is 0.258 e. The topological polar surface area (TPSA) is 58.9 Å². The molecule has 0 bridgehead atoms. The molecule has 0 aliphatic carbocycles. The zero-order valence-corrected chi connectivity index (χ0v) is 16.0. The van der Waals surface area contributed by atoms with Gasteiger partial charge in [-0.05, 0) is 30.3 Å². The number of benzene rings is 1. The zero-order chi connectivity index (χ0) is 18.8. The molecule has 2 aromatic heterocycles. The van der Waals surface area contributed by atoms with Crippen LogP contribution < -0.4 is 15.8 Å². The van der Waals surface area contributed by atoms with Crippen LogP contribution in [0, 0.1) is 0 Å². The summed E-state index contributed by atoms with van der Waals surface area (Å²) in [6, 6.07) is 10.7. The Balaban J connectivity index is 1.60. The summed E-state index contributed by atoms with van der Waals surface area (Å²) in [5.41, 5.74) is 3.01. The molecule has 0 spiro atoms. The van der Waals surface area contributed by atoms with Gasteiger partial charge in [0.15, 0.2) is 0 Å². The molecule has 140 valence electrons. The largest absolute Gasteiger partial charge is 0.378 e. The molecule has 1 fully saturated rings. The highest BCUT2D eigenvalue weighted by Crippen LogP contribution is 2.30. The number of pyridine rings is 1. The molecule has 1 aliphatic rings. The monoisotopic (exact) mass is 404 g/mol. The van der Waals surface area contributed by atoms with Gasteiger partial charge in [0.1, 0.15) is 5.65 Å². The molecule has 0 radical (unpaired) electrons. The Morgan fingerprint density at radius 3 is 2.67 bits per heavy atom. The smallest absolute Gasteiger partial charge is 0.258 e. The van der Waals surface area contributed by atoms with Crippen molar-refractivity contribution >= 4 is 40.2 Å². The van der Waals surface area contributed by atoms with Gasteiger partial charge < -0.3 is 15.0 Å². The van der Waals surface area contributed by atoms with Gasteiger partial charge >= 0.3 is 0 Å². The molecule has 1 N–H and O–H groups in total. The van der Waals surface area contributed by atoms with Crippen molar-refractivity contribution in [1.82, 2.24) is 9.38 Å². The first-order chi connectivity index (χ1) is 13.1. The van der Waals surface area contributed by atoms with Crippen molar-refractivity contribution in [2.45, 2.75) is 6.54 Å². The van der Waals surface area contributed by atoms with Crippen molar-refractivity contribution in [3.05, 3.63) is 68.7 Å². The maximum atomic E-state index is 12.3. The number of morpholine rings is 1. The van der Waals surface area contributed by atoms with E-state index in [-0.39, 0.29) is 5.56 Å². The van der Waals surface area contributed by atoms with Crippen molar-refractivity contribution in [2.75, 3.05) is 36.5 Å². The summed E-state index contributed by atoms with van der Waals surface area (Å²) in [4.78, 5) is 19.1. The fraction of sp³-hybridized carbons (Fsp3) is 0.263. The number of nitrogens with one attached hydrogen (secondary N) is 1. The molecule has 1 aromatic carbocycles. The lowest BCUT2D eigenvalue weighted by Crippen LogP contribution is -2.36. The number of hydrogen-bond donors (Lipinski definition) is 1. The van der Waals surface area contributed by atoms with Crippen LogP contribution in [0.25, 0.3) is 5.65 Å². The third kappa shape index (κ3) is 4.03. The van der Waals surface area contributed by atoms with E-state index >= 15 is 0 Å². The summed E-state index contributed by atoms with van der Waals surface area (Å²) < 4.78 is 6.87. The van der Waals surface area contributed by atoms with E-state index in [4.69, 9.17) is 27.9 Å². The number of halogens is 2. The van der Waals surface area contributed by atoms with E-state index in [1.807, 2.05) is 18.2 Å². The van der Waals surface area contributed by atoms with Gasteiger partial charge in [0.05, 0.1) is 41.8 Å². The standard InChI is InChI=1S/C19H18Cl2N4O2/c20-13-1-3-17(24-5-7-27-8-6-24)16(9-13)22-11-15-10-19(26)25-12-14(21)2-4-18(25)23-15/h1-4,9-10,12,22H,5-8,11H2. The van der Waals surface area contributed by atoms with Crippen molar-refractivity contribution in [2.24, 2.45) is 0 Å². The van der Waals surface area contributed by atoms with Gasteiger partial charge in [-0.25, -0.2) is 4.98 Å². The van der Waals surface area contributed by atoms with Crippen molar-refractivity contribution in [1.29, 1.82) is 0 Å². The molecule has 0 atom stereocenters. The van der Waals surface area contributed by atoms with E-state index in [0.717, 1.165) is 24.5 Å². The SMILES string of the molecule is O=c1cc(CNc2cc(Cl)ccc2N2CCOCC2)nc2ccc(Cl)cn12. The lowest BCUT2D eigenvalue weighted by atomic mass is 10.2. The van der Waals surface area contributed by atoms with Crippen molar-refractivity contribution < 1.29 is 4.74 Å². The minimum absolute atomic E-state index is 0.168. The maximum absolute atomic E-state index is 12.3. The quantitative estimate of drug-likeness (QED) is 0.721. The highest BCUT2D eigenvalue weighted by Gasteiger charge is 2.15. The Hall–Kier alpha value is -2.28. The first-order valence-corrected chi connectivity index (χ1v) is 9.40. The molecule has 0 amide bonds. The van der Waals surface area contributed by atoms with E-state index in [2.05, 4.69) is 15.2 Å². The molecule has 27 heavy (non-hydrogen) atoms. The molecule has 3 aromatic rings. The lowest BCUT2D eigenvalue weighted by Gasteiger charge is -2.30. The van der Waals surface area contributed by atoms with Crippen LogP contribution in [0.4, 0.5) is 11.4 Å². The average Bonchev–Trinajstić information content (AvgIpc) is 2.68. The number of nitrogens with zero attached hydrogens (tertiary/aromatic N) is 3. The molecule has 3 heterocycles. The predicted molar refractivity (Wildman–Crippen MR) is 108 cm³/mol. The molecule has 1 aliphatic heterocycles. The van der Waals surface area contributed by atoms with E-state index in [0.29, 0.717) is 41.1 Å². The highest BCUT2D eigenvalue weighted by atomic mass is 35.5. The van der Waals surface area contributed by atoms with E-state index in [9.17, 15) is 4.79 Å². The van der Waals surface area contributed by atoms with E-state index in [1.165, 1.54) is 10.5 Å². The van der Waals surface area contributed by atoms with Gasteiger partial charge in [-0.1, -0.05) is 23.2 Å². The van der Waals surface area contributed by atoms with Gasteiger partial charge in [0.25, 0.3) is 5.56 Å². The number of aromatic nitrogens is 2. The first-order valence-electron chi connectivity index (χ1n) is 8.64. The van der Waals surface area contributed by atoms with E-state index in [1.54, 1.807) is 18.3 Å². The fourth-order valence-electron chi connectivity index (χ4n) is 3.13. The van der Waals surface area contributed by atoms with Crippen LogP contribution in [0.5, 0.6) is 0 Å². The third-order valence-corrected chi connectivity index (χ3v) is 4.91. The molecule has 8 heteroatoms. The van der Waals surface area contributed by atoms with Crippen LogP contribution in [0.3, 0.4) is 0 Å². The summed E-state index contributed by atoms with van der Waals surface area (Å²) in [5.74, 6) is 0. The lowest BCUT2D eigenvalue weighted by molar-refractivity contribution is 0.123. The molecule has 1 saturated heterocycles. The van der Waals surface area contributed by atoms with Crippen LogP contribution in [0.15, 0.2) is 47.4 Å². The number of anilines is 2. The number of hydrogen-bond acceptors (Lipinski definition) is 5. The molecule has 0 saturated carbocycles. The second-order valence-electron chi connectivity index (χ2n) is 6.28. The Morgan fingerprint density at radius 2 is 1.85 bits per heavy atom.